The molecule has 1 aromatic heterocycles. The fraction of sp³-hybridized carbons (Fsp3) is 0.667. The zero-order valence-electron chi connectivity index (χ0n) is 11.6. The number of amides is 1. The van der Waals surface area contributed by atoms with E-state index >= 15 is 0 Å². The van der Waals surface area contributed by atoms with Gasteiger partial charge in [-0.05, 0) is 20.8 Å². The van der Waals surface area contributed by atoms with Gasteiger partial charge in [-0.2, -0.15) is 5.10 Å². The molecule has 0 aromatic carbocycles. The first-order valence-electron chi connectivity index (χ1n) is 6.04. The summed E-state index contributed by atoms with van der Waals surface area (Å²) in [6.07, 6.45) is 0. The summed E-state index contributed by atoms with van der Waals surface area (Å²) in [6.45, 7) is 6.90. The topological polar surface area (TPSA) is 50.2 Å². The third-order valence-electron chi connectivity index (χ3n) is 3.06. The number of hydrogen-bond donors (Lipinski definition) is 1. The lowest BCUT2D eigenvalue weighted by atomic mass is 10.2. The van der Waals surface area contributed by atoms with Crippen LogP contribution in [-0.2, 0) is 18.4 Å². The number of likely N-dealkylation sites (N-methyl/N-ethyl adjacent to an activating group) is 1. The number of carbonyl (C=O) groups is 1. The molecule has 0 spiro atoms. The van der Waals surface area contributed by atoms with Crippen molar-refractivity contribution in [1.82, 2.24) is 20.0 Å². The van der Waals surface area contributed by atoms with E-state index in [1.165, 1.54) is 0 Å². The van der Waals surface area contributed by atoms with Crippen LogP contribution in [0.3, 0.4) is 0 Å². The van der Waals surface area contributed by atoms with Gasteiger partial charge in [0.25, 0.3) is 0 Å². The van der Waals surface area contributed by atoms with E-state index in [9.17, 15) is 4.79 Å². The zero-order chi connectivity index (χ0) is 13.9. The second-order valence-electron chi connectivity index (χ2n) is 4.42. The van der Waals surface area contributed by atoms with Crippen molar-refractivity contribution in [2.45, 2.75) is 33.4 Å². The molecule has 1 amide bonds. The summed E-state index contributed by atoms with van der Waals surface area (Å²) in [5.41, 5.74) is 1.70. The molecule has 18 heavy (non-hydrogen) atoms. The van der Waals surface area contributed by atoms with Gasteiger partial charge in [-0.25, -0.2) is 0 Å². The highest BCUT2D eigenvalue weighted by molar-refractivity contribution is 6.31. The Labute approximate surface area is 113 Å². The minimum Gasteiger partial charge on any atom is -0.345 e. The maximum absolute atomic E-state index is 11.9. The van der Waals surface area contributed by atoms with Crippen LogP contribution in [0.25, 0.3) is 0 Å². The molecule has 0 bridgehead atoms. The standard InChI is InChI=1S/C12H21ClN4O/c1-6-16(4)12(18)9(3)14-7-10-11(13)8(2)15-17(10)5/h9,14H,6-7H2,1-5H3. The lowest BCUT2D eigenvalue weighted by Crippen LogP contribution is -2.42. The molecule has 1 rings (SSSR count). The summed E-state index contributed by atoms with van der Waals surface area (Å²) in [7, 11) is 3.64. The third kappa shape index (κ3) is 3.23. The summed E-state index contributed by atoms with van der Waals surface area (Å²) in [5, 5.41) is 8.07. The van der Waals surface area contributed by atoms with Crippen molar-refractivity contribution in [1.29, 1.82) is 0 Å². The van der Waals surface area contributed by atoms with Crippen LogP contribution in [0.1, 0.15) is 25.2 Å². The smallest absolute Gasteiger partial charge is 0.239 e. The molecule has 1 heterocycles. The molecule has 1 N–H and O–H groups in total. The molecule has 0 aliphatic heterocycles. The summed E-state index contributed by atoms with van der Waals surface area (Å²) in [6, 6.07) is -0.235. The summed E-state index contributed by atoms with van der Waals surface area (Å²) < 4.78 is 1.74. The Hall–Kier alpha value is -1.07. The Morgan fingerprint density at radius 3 is 2.67 bits per heavy atom. The molecular formula is C12H21ClN4O. The zero-order valence-corrected chi connectivity index (χ0v) is 12.4. The van der Waals surface area contributed by atoms with Gasteiger partial charge in [0, 0.05) is 27.2 Å². The average molecular weight is 273 g/mol. The minimum absolute atomic E-state index is 0.0764. The number of aromatic nitrogens is 2. The van der Waals surface area contributed by atoms with E-state index in [-0.39, 0.29) is 11.9 Å². The van der Waals surface area contributed by atoms with Crippen LogP contribution in [0.5, 0.6) is 0 Å². The van der Waals surface area contributed by atoms with E-state index in [0.29, 0.717) is 18.1 Å². The normalized spacial score (nSPS) is 12.6. The molecule has 0 fully saturated rings. The first-order chi connectivity index (χ1) is 8.38. The van der Waals surface area contributed by atoms with Crippen LogP contribution in [0.15, 0.2) is 0 Å². The highest BCUT2D eigenvalue weighted by atomic mass is 35.5. The second-order valence-corrected chi connectivity index (χ2v) is 4.80. The van der Waals surface area contributed by atoms with Crippen LogP contribution in [-0.4, -0.2) is 40.2 Å². The predicted octanol–water partition coefficient (Wildman–Crippen LogP) is 1.34. The molecular weight excluding hydrogens is 252 g/mol. The van der Waals surface area contributed by atoms with Gasteiger partial charge in [0.1, 0.15) is 0 Å². The Bertz CT molecular complexity index is 430. The lowest BCUT2D eigenvalue weighted by molar-refractivity contribution is -0.131. The van der Waals surface area contributed by atoms with E-state index < -0.39 is 0 Å². The van der Waals surface area contributed by atoms with Crippen molar-refractivity contribution in [3.05, 3.63) is 16.4 Å². The number of halogens is 1. The van der Waals surface area contributed by atoms with Crippen LogP contribution in [0.4, 0.5) is 0 Å². The first-order valence-corrected chi connectivity index (χ1v) is 6.42. The van der Waals surface area contributed by atoms with Crippen molar-refractivity contribution in [3.8, 4) is 0 Å². The van der Waals surface area contributed by atoms with E-state index in [1.54, 1.807) is 16.6 Å². The Kier molecular flexibility index (Phi) is 5.16. The van der Waals surface area contributed by atoms with E-state index in [1.807, 2.05) is 27.8 Å². The monoisotopic (exact) mass is 272 g/mol. The molecule has 102 valence electrons. The Morgan fingerprint density at radius 2 is 2.22 bits per heavy atom. The fourth-order valence-corrected chi connectivity index (χ4v) is 1.92. The van der Waals surface area contributed by atoms with E-state index in [4.69, 9.17) is 11.6 Å². The van der Waals surface area contributed by atoms with Gasteiger partial charge in [-0.1, -0.05) is 11.6 Å². The van der Waals surface area contributed by atoms with Crippen molar-refractivity contribution in [3.63, 3.8) is 0 Å². The number of nitrogens with one attached hydrogen (secondary N) is 1. The predicted molar refractivity (Wildman–Crippen MR) is 72.6 cm³/mol. The SMILES string of the molecule is CCN(C)C(=O)C(C)NCc1c(Cl)c(C)nn1C. The van der Waals surface area contributed by atoms with Gasteiger partial charge in [0.15, 0.2) is 0 Å². The highest BCUT2D eigenvalue weighted by Gasteiger charge is 2.17. The molecule has 0 aliphatic carbocycles. The van der Waals surface area contributed by atoms with Crippen LogP contribution < -0.4 is 5.32 Å². The lowest BCUT2D eigenvalue weighted by Gasteiger charge is -2.20. The molecule has 1 atom stereocenters. The van der Waals surface area contributed by atoms with Crippen LogP contribution >= 0.6 is 11.6 Å². The second kappa shape index (κ2) is 6.20. The maximum Gasteiger partial charge on any atom is 0.239 e. The molecule has 0 saturated heterocycles. The van der Waals surface area contributed by atoms with Gasteiger partial charge < -0.3 is 10.2 Å². The van der Waals surface area contributed by atoms with Crippen molar-refractivity contribution in [2.24, 2.45) is 7.05 Å². The largest absolute Gasteiger partial charge is 0.345 e. The van der Waals surface area contributed by atoms with Gasteiger partial charge in [-0.3, -0.25) is 9.48 Å². The van der Waals surface area contributed by atoms with Crippen LogP contribution in [0, 0.1) is 6.92 Å². The number of hydrogen-bond acceptors (Lipinski definition) is 3. The fourth-order valence-electron chi connectivity index (χ4n) is 1.70. The molecule has 1 aromatic rings. The molecule has 6 heteroatoms. The van der Waals surface area contributed by atoms with Crippen molar-refractivity contribution >= 4 is 17.5 Å². The Balaban J connectivity index is 2.63. The van der Waals surface area contributed by atoms with Crippen LogP contribution in [0.2, 0.25) is 5.02 Å². The molecule has 1 unspecified atom stereocenters. The summed E-state index contributed by atoms with van der Waals surface area (Å²) in [5.74, 6) is 0.0764. The number of carbonyl (C=O) groups excluding carboxylic acids is 1. The third-order valence-corrected chi connectivity index (χ3v) is 3.55. The van der Waals surface area contributed by atoms with Crippen molar-refractivity contribution < 1.29 is 4.79 Å². The Morgan fingerprint density at radius 1 is 1.61 bits per heavy atom. The quantitative estimate of drug-likeness (QED) is 0.880. The van der Waals surface area contributed by atoms with Gasteiger partial charge in [0.05, 0.1) is 22.5 Å². The number of aryl methyl sites for hydroxylation is 2. The van der Waals surface area contributed by atoms with Gasteiger partial charge in [0.2, 0.25) is 5.91 Å². The molecule has 5 nitrogen and oxygen atoms in total. The first kappa shape index (κ1) is 15.0. The molecule has 0 saturated carbocycles. The summed E-state index contributed by atoms with van der Waals surface area (Å²) in [4.78, 5) is 13.6. The maximum atomic E-state index is 11.9. The summed E-state index contributed by atoms with van der Waals surface area (Å²) >= 11 is 6.15. The molecule has 0 aliphatic rings. The minimum atomic E-state index is -0.235. The highest BCUT2D eigenvalue weighted by Crippen LogP contribution is 2.19. The van der Waals surface area contributed by atoms with E-state index in [2.05, 4.69) is 10.4 Å². The molecule has 0 radical (unpaired) electrons. The van der Waals surface area contributed by atoms with Gasteiger partial charge >= 0.3 is 0 Å². The van der Waals surface area contributed by atoms with Crippen molar-refractivity contribution in [2.75, 3.05) is 13.6 Å². The number of nitrogens with zero attached hydrogens (tertiary/aromatic N) is 3. The van der Waals surface area contributed by atoms with E-state index in [0.717, 1.165) is 11.4 Å². The number of rotatable bonds is 5. The average Bonchev–Trinajstić information content (AvgIpc) is 2.59. The van der Waals surface area contributed by atoms with Gasteiger partial charge in [-0.15, -0.1) is 0 Å².